The minimum atomic E-state index is -3.29. The maximum absolute atomic E-state index is 14.3. The van der Waals surface area contributed by atoms with E-state index in [1.165, 1.54) is 0 Å². The van der Waals surface area contributed by atoms with Gasteiger partial charge in [-0.15, -0.1) is 0 Å². The van der Waals surface area contributed by atoms with Gasteiger partial charge in [0, 0.05) is 18.5 Å². The Morgan fingerprint density at radius 2 is 1.60 bits per heavy atom. The van der Waals surface area contributed by atoms with Crippen molar-refractivity contribution in [2.75, 3.05) is 13.2 Å². The van der Waals surface area contributed by atoms with E-state index in [-0.39, 0.29) is 24.9 Å². The van der Waals surface area contributed by atoms with Gasteiger partial charge in [-0.25, -0.2) is 13.6 Å². The summed E-state index contributed by atoms with van der Waals surface area (Å²) in [4.78, 5) is 35.6. The highest BCUT2D eigenvalue weighted by Gasteiger charge is 2.71. The van der Waals surface area contributed by atoms with Crippen molar-refractivity contribution in [3.63, 3.8) is 0 Å². The first-order chi connectivity index (χ1) is 16.6. The van der Waals surface area contributed by atoms with Gasteiger partial charge >= 0.3 is 12.1 Å². The molecule has 2 amide bonds. The van der Waals surface area contributed by atoms with E-state index in [2.05, 4.69) is 10.6 Å². The van der Waals surface area contributed by atoms with E-state index >= 15 is 0 Å². The van der Waals surface area contributed by atoms with Crippen molar-refractivity contribution in [1.82, 2.24) is 10.6 Å². The number of alkyl carbamates (subject to hydrolysis) is 1. The number of hydrogen-bond donors (Lipinski definition) is 3. The molecule has 186 valence electrons. The molecule has 2 aromatic carbocycles. The molecule has 2 aromatic rings. The summed E-state index contributed by atoms with van der Waals surface area (Å²) >= 11 is 0. The fourth-order valence-corrected chi connectivity index (χ4v) is 4.76. The van der Waals surface area contributed by atoms with E-state index in [9.17, 15) is 23.2 Å². The van der Waals surface area contributed by atoms with Gasteiger partial charge in [-0.2, -0.15) is 0 Å². The number of rotatable bonds is 9. The average Bonchev–Trinajstić information content (AvgIpc) is 3.22. The van der Waals surface area contributed by atoms with Gasteiger partial charge in [0.1, 0.15) is 12.5 Å². The summed E-state index contributed by atoms with van der Waals surface area (Å²) in [6, 6.07) is 14.9. The lowest BCUT2D eigenvalue weighted by Crippen LogP contribution is -2.42. The summed E-state index contributed by atoms with van der Waals surface area (Å²) in [7, 11) is 0. The summed E-state index contributed by atoms with van der Waals surface area (Å²) < 4.78 is 33.9. The second-order valence-electron chi connectivity index (χ2n) is 9.42. The number of carboxylic acids is 1. The molecule has 35 heavy (non-hydrogen) atoms. The monoisotopic (exact) mass is 486 g/mol. The van der Waals surface area contributed by atoms with Crippen LogP contribution in [0, 0.1) is 17.8 Å². The number of amides is 2. The molecular weight excluding hydrogens is 458 g/mol. The number of halogens is 2. The Morgan fingerprint density at radius 3 is 2.14 bits per heavy atom. The van der Waals surface area contributed by atoms with Crippen LogP contribution < -0.4 is 10.6 Å². The number of carboxylic acid groups (broad SMARTS) is 1. The van der Waals surface area contributed by atoms with Crippen LogP contribution in [0.15, 0.2) is 48.5 Å². The molecular formula is C26H28F2N2O5. The zero-order valence-electron chi connectivity index (χ0n) is 19.5. The molecule has 0 spiro atoms. The quantitative estimate of drug-likeness (QED) is 0.497. The van der Waals surface area contributed by atoms with Gasteiger partial charge in [0.05, 0.1) is 12.3 Å². The third-order valence-corrected chi connectivity index (χ3v) is 6.82. The molecule has 0 heterocycles. The molecule has 2 unspecified atom stereocenters. The minimum Gasteiger partial charge on any atom is -0.481 e. The Balaban J connectivity index is 1.31. The number of carbonyl (C=O) groups excluding carboxylic acids is 2. The lowest BCUT2D eigenvalue weighted by molar-refractivity contribution is -0.138. The minimum absolute atomic E-state index is 0.0517. The van der Waals surface area contributed by atoms with Crippen LogP contribution in [0.1, 0.15) is 37.3 Å². The maximum Gasteiger partial charge on any atom is 0.407 e. The van der Waals surface area contributed by atoms with Crippen LogP contribution in [-0.2, 0) is 14.3 Å². The molecule has 9 heteroatoms. The van der Waals surface area contributed by atoms with Gasteiger partial charge < -0.3 is 20.5 Å². The number of hydrogen-bond acceptors (Lipinski definition) is 4. The third-order valence-electron chi connectivity index (χ3n) is 6.82. The summed E-state index contributed by atoms with van der Waals surface area (Å²) in [6.07, 6.45) is -1.19. The van der Waals surface area contributed by atoms with Crippen LogP contribution in [0.2, 0.25) is 0 Å². The molecule has 1 saturated carbocycles. The second kappa shape index (κ2) is 9.64. The first kappa shape index (κ1) is 24.6. The van der Waals surface area contributed by atoms with Crippen LogP contribution in [-0.4, -0.2) is 48.2 Å². The van der Waals surface area contributed by atoms with Crippen molar-refractivity contribution in [1.29, 1.82) is 0 Å². The fraction of sp³-hybridized carbons (Fsp3) is 0.423. The van der Waals surface area contributed by atoms with Gasteiger partial charge in [0.2, 0.25) is 5.91 Å². The highest BCUT2D eigenvalue weighted by atomic mass is 19.3. The molecule has 2 aliphatic rings. The highest BCUT2D eigenvalue weighted by molar-refractivity contribution is 5.84. The van der Waals surface area contributed by atoms with Crippen molar-refractivity contribution in [2.24, 2.45) is 17.8 Å². The van der Waals surface area contributed by atoms with Crippen molar-refractivity contribution in [3.05, 3.63) is 59.7 Å². The predicted molar refractivity (Wildman–Crippen MR) is 124 cm³/mol. The smallest absolute Gasteiger partial charge is 0.407 e. The Morgan fingerprint density at radius 1 is 1.03 bits per heavy atom. The van der Waals surface area contributed by atoms with Crippen molar-refractivity contribution >= 4 is 18.0 Å². The van der Waals surface area contributed by atoms with Crippen molar-refractivity contribution in [3.8, 4) is 11.1 Å². The number of carbonyl (C=O) groups is 3. The van der Waals surface area contributed by atoms with Crippen LogP contribution in [0.4, 0.5) is 13.6 Å². The Kier molecular flexibility index (Phi) is 6.78. The SMILES string of the molecule is CC(C)[C@H](CC(=O)O)NC(=O)C1C(CNC(=O)OCC2c3ccccc3-c3ccccc32)C1(F)F. The standard InChI is InChI=1S/C26H28F2N2O5/c1-14(2)21(11-22(31)32)30-24(33)23-20(26(23,27)28)12-29-25(34)35-13-19-17-9-5-3-7-15(17)16-8-4-6-10-18(16)19/h3-10,14,19-21,23H,11-13H2,1-2H3,(H,29,34)(H,30,33)(H,31,32)/t20?,21-,23?/m0/s1. The molecule has 3 N–H and O–H groups in total. The van der Waals surface area contributed by atoms with Gasteiger partial charge in [-0.1, -0.05) is 62.4 Å². The number of benzene rings is 2. The van der Waals surface area contributed by atoms with Crippen LogP contribution >= 0.6 is 0 Å². The second-order valence-corrected chi connectivity index (χ2v) is 9.42. The van der Waals surface area contributed by atoms with E-state index in [1.807, 2.05) is 48.5 Å². The molecule has 0 aliphatic heterocycles. The van der Waals surface area contributed by atoms with Gasteiger partial charge in [0.25, 0.3) is 5.92 Å². The molecule has 4 rings (SSSR count). The molecule has 0 bridgehead atoms. The Bertz CT molecular complexity index is 1090. The normalized spacial score (nSPS) is 20.5. The number of ether oxygens (including phenoxy) is 1. The van der Waals surface area contributed by atoms with Crippen molar-refractivity contribution < 1.29 is 33.0 Å². The Labute approximate surface area is 201 Å². The number of fused-ring (bicyclic) bond motifs is 3. The van der Waals surface area contributed by atoms with E-state index < -0.39 is 48.3 Å². The zero-order chi connectivity index (χ0) is 25.3. The summed E-state index contributed by atoms with van der Waals surface area (Å²) in [5.41, 5.74) is 4.22. The maximum atomic E-state index is 14.3. The van der Waals surface area contributed by atoms with Crippen molar-refractivity contribution in [2.45, 2.75) is 38.2 Å². The summed E-state index contributed by atoms with van der Waals surface area (Å²) in [5, 5.41) is 13.7. The molecule has 1 fully saturated rings. The predicted octanol–water partition coefficient (Wildman–Crippen LogP) is 4.02. The largest absolute Gasteiger partial charge is 0.481 e. The summed E-state index contributed by atoms with van der Waals surface area (Å²) in [6.45, 7) is 3.04. The van der Waals surface area contributed by atoms with E-state index in [0.717, 1.165) is 22.3 Å². The van der Waals surface area contributed by atoms with Gasteiger partial charge in [0.15, 0.2) is 0 Å². The molecule has 3 atom stereocenters. The first-order valence-corrected chi connectivity index (χ1v) is 11.6. The topological polar surface area (TPSA) is 105 Å². The molecule has 0 saturated heterocycles. The van der Waals surface area contributed by atoms with Gasteiger partial charge in [-0.05, 0) is 28.2 Å². The molecule has 2 aliphatic carbocycles. The summed E-state index contributed by atoms with van der Waals surface area (Å²) in [5.74, 6) is -8.71. The van der Waals surface area contributed by atoms with Crippen LogP contribution in [0.25, 0.3) is 11.1 Å². The number of alkyl halides is 2. The zero-order valence-corrected chi connectivity index (χ0v) is 19.5. The molecule has 7 nitrogen and oxygen atoms in total. The lowest BCUT2D eigenvalue weighted by atomic mass is 9.98. The van der Waals surface area contributed by atoms with Crippen LogP contribution in [0.5, 0.6) is 0 Å². The van der Waals surface area contributed by atoms with E-state index in [1.54, 1.807) is 13.8 Å². The van der Waals surface area contributed by atoms with Gasteiger partial charge in [-0.3, -0.25) is 9.59 Å². The fourth-order valence-electron chi connectivity index (χ4n) is 4.76. The third kappa shape index (κ3) is 4.99. The molecule has 0 radical (unpaired) electrons. The lowest BCUT2D eigenvalue weighted by Gasteiger charge is -2.20. The highest BCUT2D eigenvalue weighted by Crippen LogP contribution is 2.55. The number of aliphatic carboxylic acids is 1. The Hall–Kier alpha value is -3.49. The van der Waals surface area contributed by atoms with Crippen LogP contribution in [0.3, 0.4) is 0 Å². The van der Waals surface area contributed by atoms with E-state index in [4.69, 9.17) is 9.84 Å². The number of nitrogens with one attached hydrogen (secondary N) is 2. The van der Waals surface area contributed by atoms with E-state index in [0.29, 0.717) is 0 Å². The average molecular weight is 487 g/mol. The first-order valence-electron chi connectivity index (χ1n) is 11.6. The molecule has 0 aromatic heterocycles.